The summed E-state index contributed by atoms with van der Waals surface area (Å²) in [6.07, 6.45) is -5.23. The van der Waals surface area contributed by atoms with Crippen LogP contribution in [0.25, 0.3) is 22.6 Å². The highest BCUT2D eigenvalue weighted by Gasteiger charge is 2.35. The van der Waals surface area contributed by atoms with Crippen molar-refractivity contribution in [1.29, 1.82) is 0 Å². The Kier molecular flexibility index (Phi) is 5.81. The lowest BCUT2D eigenvalue weighted by molar-refractivity contribution is -0.138. The first-order chi connectivity index (χ1) is 16.1. The maximum absolute atomic E-state index is 13.6. The van der Waals surface area contributed by atoms with Crippen LogP contribution in [0.3, 0.4) is 0 Å². The first-order valence-corrected chi connectivity index (χ1v) is 9.34. The van der Waals surface area contributed by atoms with E-state index in [1.807, 2.05) is 0 Å². The van der Waals surface area contributed by atoms with Crippen molar-refractivity contribution in [2.24, 2.45) is 5.18 Å². The Morgan fingerprint density at radius 2 is 1.68 bits per heavy atom. The van der Waals surface area contributed by atoms with Gasteiger partial charge in [-0.25, -0.2) is 19.9 Å². The minimum atomic E-state index is -4.79. The first kappa shape index (κ1) is 22.9. The van der Waals surface area contributed by atoms with E-state index in [-0.39, 0.29) is 33.9 Å². The second-order valence-corrected chi connectivity index (χ2v) is 6.87. The number of nitroso groups, excluding NO2 is 1. The van der Waals surface area contributed by atoms with Crippen LogP contribution < -0.4 is 5.32 Å². The van der Waals surface area contributed by atoms with E-state index < -0.39 is 35.7 Å². The van der Waals surface area contributed by atoms with Gasteiger partial charge in [0, 0.05) is 18.6 Å². The van der Waals surface area contributed by atoms with E-state index in [0.717, 1.165) is 30.6 Å². The van der Waals surface area contributed by atoms with Crippen molar-refractivity contribution in [3.05, 3.63) is 70.7 Å². The van der Waals surface area contributed by atoms with Crippen LogP contribution in [0.15, 0.2) is 54.2 Å². The fourth-order valence-electron chi connectivity index (χ4n) is 3.00. The highest BCUT2D eigenvalue weighted by atomic mass is 19.4. The van der Waals surface area contributed by atoms with Crippen molar-refractivity contribution in [1.82, 2.24) is 24.9 Å². The lowest BCUT2D eigenvalue weighted by atomic mass is 10.1. The molecule has 0 radical (unpaired) electrons. The Labute approximate surface area is 186 Å². The highest BCUT2D eigenvalue weighted by molar-refractivity contribution is 5.87. The van der Waals surface area contributed by atoms with Gasteiger partial charge in [-0.2, -0.15) is 31.2 Å². The van der Waals surface area contributed by atoms with E-state index in [9.17, 15) is 31.2 Å². The predicted octanol–water partition coefficient (Wildman–Crippen LogP) is 5.53. The summed E-state index contributed by atoms with van der Waals surface area (Å²) < 4.78 is 78.9. The molecule has 8 nitrogen and oxygen atoms in total. The van der Waals surface area contributed by atoms with Crippen molar-refractivity contribution in [2.75, 3.05) is 5.32 Å². The number of pyridine rings is 3. The van der Waals surface area contributed by atoms with Crippen molar-refractivity contribution in [3.63, 3.8) is 0 Å². The summed E-state index contributed by atoms with van der Waals surface area (Å²) in [5.74, 6) is 0.0757. The average Bonchev–Trinajstić information content (AvgIpc) is 2.78. The van der Waals surface area contributed by atoms with E-state index in [4.69, 9.17) is 0 Å². The number of alkyl halides is 6. The molecule has 0 fully saturated rings. The second-order valence-electron chi connectivity index (χ2n) is 6.87. The Morgan fingerprint density at radius 1 is 0.882 bits per heavy atom. The van der Waals surface area contributed by atoms with Gasteiger partial charge >= 0.3 is 12.4 Å². The molecule has 4 rings (SSSR count). The van der Waals surface area contributed by atoms with Crippen molar-refractivity contribution in [3.8, 4) is 11.4 Å². The van der Waals surface area contributed by atoms with Crippen LogP contribution in [0.2, 0.25) is 0 Å². The molecule has 0 aromatic carbocycles. The third-order valence-corrected chi connectivity index (χ3v) is 4.54. The van der Waals surface area contributed by atoms with E-state index in [1.165, 1.54) is 12.3 Å². The zero-order valence-electron chi connectivity index (χ0n) is 16.7. The summed E-state index contributed by atoms with van der Waals surface area (Å²) in [4.78, 5) is 30.2. The smallest absolute Gasteiger partial charge is 0.338 e. The molecule has 14 heteroatoms. The lowest BCUT2D eigenvalue weighted by Crippen LogP contribution is -2.10. The number of fused-ring (bicyclic) bond motifs is 1. The molecule has 0 aliphatic heterocycles. The van der Waals surface area contributed by atoms with Crippen molar-refractivity contribution >= 4 is 22.7 Å². The van der Waals surface area contributed by atoms with E-state index >= 15 is 0 Å². The number of nitrogens with one attached hydrogen (secondary N) is 1. The lowest BCUT2D eigenvalue weighted by Gasteiger charge is -2.13. The topological polar surface area (TPSA) is 106 Å². The molecule has 0 saturated heterocycles. The minimum Gasteiger partial charge on any atom is -0.338 e. The molecule has 174 valence electrons. The predicted molar refractivity (Wildman–Crippen MR) is 108 cm³/mol. The van der Waals surface area contributed by atoms with Gasteiger partial charge in [0.25, 0.3) is 0 Å². The van der Waals surface area contributed by atoms with Gasteiger partial charge < -0.3 is 5.32 Å². The summed E-state index contributed by atoms with van der Waals surface area (Å²) >= 11 is 0. The molecule has 0 atom stereocenters. The van der Waals surface area contributed by atoms with Crippen LogP contribution in [0.5, 0.6) is 0 Å². The Balaban J connectivity index is 1.71. The molecular formula is C20H11F6N7O. The van der Waals surface area contributed by atoms with Gasteiger partial charge in [0.05, 0.1) is 23.0 Å². The minimum absolute atomic E-state index is 0.0199. The number of rotatable bonds is 5. The number of anilines is 2. The molecule has 4 aromatic heterocycles. The molecule has 0 spiro atoms. The molecule has 0 aliphatic rings. The van der Waals surface area contributed by atoms with Crippen LogP contribution in [0, 0.1) is 4.91 Å². The third kappa shape index (κ3) is 4.74. The molecule has 0 amide bonds. The molecule has 0 saturated carbocycles. The van der Waals surface area contributed by atoms with Gasteiger partial charge in [-0.3, -0.25) is 4.98 Å². The normalized spacial score (nSPS) is 12.1. The van der Waals surface area contributed by atoms with E-state index in [0.29, 0.717) is 6.20 Å². The molecule has 34 heavy (non-hydrogen) atoms. The van der Waals surface area contributed by atoms with Gasteiger partial charge in [-0.1, -0.05) is 5.18 Å². The van der Waals surface area contributed by atoms with Gasteiger partial charge in [-0.15, -0.1) is 0 Å². The van der Waals surface area contributed by atoms with Crippen LogP contribution in [-0.4, -0.2) is 24.9 Å². The van der Waals surface area contributed by atoms with Crippen LogP contribution >= 0.6 is 0 Å². The maximum Gasteiger partial charge on any atom is 0.418 e. The molecule has 4 heterocycles. The fourth-order valence-corrected chi connectivity index (χ4v) is 3.00. The number of nitrogens with zero attached hydrogens (tertiary/aromatic N) is 6. The summed E-state index contributed by atoms with van der Waals surface area (Å²) in [5, 5.41) is 5.36. The summed E-state index contributed by atoms with van der Waals surface area (Å²) in [6.45, 7) is -0.478. The monoisotopic (exact) mass is 479 g/mol. The summed E-state index contributed by atoms with van der Waals surface area (Å²) in [6, 6.07) is 4.18. The maximum atomic E-state index is 13.6. The van der Waals surface area contributed by atoms with Crippen molar-refractivity contribution < 1.29 is 26.3 Å². The summed E-state index contributed by atoms with van der Waals surface area (Å²) in [7, 11) is 0. The van der Waals surface area contributed by atoms with Crippen LogP contribution in [0.1, 0.15) is 16.7 Å². The Bertz CT molecular complexity index is 1360. The quantitative estimate of drug-likeness (QED) is 0.296. The van der Waals surface area contributed by atoms with Crippen molar-refractivity contribution in [2.45, 2.75) is 18.9 Å². The van der Waals surface area contributed by atoms with E-state index in [1.54, 1.807) is 0 Å². The molecule has 0 bridgehead atoms. The second kappa shape index (κ2) is 8.61. The average molecular weight is 479 g/mol. The SMILES string of the molecule is O=NCc1cnc(-c2cnc3c(Nc4ccc(C(F)(F)F)cn4)ccnc3n2)c(C(F)(F)F)c1. The fraction of sp³-hybridized carbons (Fsp3) is 0.150. The Hall–Kier alpha value is -4.23. The number of aromatic nitrogens is 5. The largest absolute Gasteiger partial charge is 0.418 e. The van der Waals surface area contributed by atoms with Gasteiger partial charge in [0.15, 0.2) is 5.65 Å². The van der Waals surface area contributed by atoms with Crippen LogP contribution in [0.4, 0.5) is 37.8 Å². The Morgan fingerprint density at radius 3 is 2.32 bits per heavy atom. The number of hydrogen-bond acceptors (Lipinski definition) is 8. The third-order valence-electron chi connectivity index (χ3n) is 4.54. The zero-order chi connectivity index (χ0) is 24.5. The first-order valence-electron chi connectivity index (χ1n) is 9.34. The number of halogens is 6. The molecule has 0 unspecified atom stereocenters. The van der Waals surface area contributed by atoms with Gasteiger partial charge in [0.2, 0.25) is 0 Å². The molecule has 4 aromatic rings. The van der Waals surface area contributed by atoms with E-state index in [2.05, 4.69) is 35.4 Å². The summed E-state index contributed by atoms with van der Waals surface area (Å²) in [5.41, 5.74) is -2.42. The van der Waals surface area contributed by atoms with Gasteiger partial charge in [-0.05, 0) is 29.8 Å². The van der Waals surface area contributed by atoms with Crippen LogP contribution in [-0.2, 0) is 18.9 Å². The standard InChI is InChI=1S/C20H11F6N7O/c21-19(22,23)11-1-2-15(28-8-11)32-13-3-4-27-18-17(13)30-9-14(33-18)16-12(20(24,25)26)5-10(6-29-16)7-31-34/h1-6,8-9H,7H2,(H,27,28,32,33). The zero-order valence-corrected chi connectivity index (χ0v) is 16.7. The molecule has 1 N–H and O–H groups in total. The number of hydrogen-bond donors (Lipinski definition) is 1. The highest BCUT2D eigenvalue weighted by Crippen LogP contribution is 2.36. The molecule has 0 aliphatic carbocycles. The molecular weight excluding hydrogens is 468 g/mol. The van der Waals surface area contributed by atoms with Gasteiger partial charge in [0.1, 0.15) is 29.3 Å².